The van der Waals surface area contributed by atoms with Gasteiger partial charge in [0, 0.05) is 54.2 Å². The number of amides is 1. The van der Waals surface area contributed by atoms with Crippen molar-refractivity contribution in [3.63, 3.8) is 0 Å². The van der Waals surface area contributed by atoms with Crippen molar-refractivity contribution in [1.29, 1.82) is 0 Å². The average Bonchev–Trinajstić information content (AvgIpc) is 3.22. The quantitative estimate of drug-likeness (QED) is 0.673. The maximum Gasteiger partial charge on any atom is 0.254 e. The number of aromatic nitrogens is 4. The normalized spacial score (nSPS) is 14.4. The second-order valence-electron chi connectivity index (χ2n) is 6.16. The number of hydrogen-bond donors (Lipinski definition) is 0. The minimum atomic E-state index is -0.0689. The first kappa shape index (κ1) is 17.8. The van der Waals surface area contributed by atoms with Crippen LogP contribution in [0.3, 0.4) is 0 Å². The smallest absolute Gasteiger partial charge is 0.254 e. The van der Waals surface area contributed by atoms with Gasteiger partial charge in [-0.15, -0.1) is 10.2 Å². The lowest BCUT2D eigenvalue weighted by molar-refractivity contribution is 0.0746. The first-order chi connectivity index (χ1) is 13.1. The van der Waals surface area contributed by atoms with Gasteiger partial charge in [-0.25, -0.2) is 4.98 Å². The van der Waals surface area contributed by atoms with Gasteiger partial charge in [-0.05, 0) is 30.3 Å². The maximum absolute atomic E-state index is 12.7. The fraction of sp³-hybridized carbons (Fsp3) is 0.222. The maximum atomic E-state index is 12.7. The first-order valence-electron chi connectivity index (χ1n) is 8.42. The van der Waals surface area contributed by atoms with Gasteiger partial charge in [-0.1, -0.05) is 23.2 Å². The molecule has 0 bridgehead atoms. The predicted octanol–water partition coefficient (Wildman–Crippen LogP) is 2.93. The zero-order chi connectivity index (χ0) is 18.8. The van der Waals surface area contributed by atoms with E-state index in [4.69, 9.17) is 23.2 Å². The van der Waals surface area contributed by atoms with Crippen LogP contribution in [0.2, 0.25) is 10.0 Å². The fourth-order valence-electron chi connectivity index (χ4n) is 3.02. The highest BCUT2D eigenvalue weighted by Gasteiger charge is 2.23. The number of halogens is 2. The van der Waals surface area contributed by atoms with Crippen molar-refractivity contribution in [2.45, 2.75) is 0 Å². The highest BCUT2D eigenvalue weighted by molar-refractivity contribution is 6.35. The van der Waals surface area contributed by atoms with E-state index in [2.05, 4.69) is 20.1 Å². The molecule has 1 fully saturated rings. The topological polar surface area (TPSA) is 67.2 Å². The molecule has 3 aromatic rings. The lowest BCUT2D eigenvalue weighted by Gasteiger charge is -2.35. The molecular formula is C18H16Cl2N6O. The second kappa shape index (κ2) is 7.54. The summed E-state index contributed by atoms with van der Waals surface area (Å²) in [4.78, 5) is 20.6. The Morgan fingerprint density at radius 3 is 2.19 bits per heavy atom. The molecule has 0 saturated carbocycles. The number of anilines is 1. The van der Waals surface area contributed by atoms with E-state index >= 15 is 0 Å². The van der Waals surface area contributed by atoms with Gasteiger partial charge in [0.2, 0.25) is 0 Å². The van der Waals surface area contributed by atoms with Crippen molar-refractivity contribution in [1.82, 2.24) is 24.6 Å². The summed E-state index contributed by atoms with van der Waals surface area (Å²) in [6.07, 6.45) is 5.19. The fourth-order valence-corrected chi connectivity index (χ4v) is 3.54. The number of piperazine rings is 1. The summed E-state index contributed by atoms with van der Waals surface area (Å²) in [5, 5.41) is 9.45. The lowest BCUT2D eigenvalue weighted by Crippen LogP contribution is -2.49. The predicted molar refractivity (Wildman–Crippen MR) is 104 cm³/mol. The van der Waals surface area contributed by atoms with Crippen LogP contribution >= 0.6 is 23.2 Å². The Hall–Kier alpha value is -2.64. The molecule has 1 amide bonds. The molecule has 0 radical (unpaired) electrons. The van der Waals surface area contributed by atoms with E-state index < -0.39 is 0 Å². The van der Waals surface area contributed by atoms with Gasteiger partial charge in [0.1, 0.15) is 6.33 Å². The molecule has 0 unspecified atom stereocenters. The van der Waals surface area contributed by atoms with Crippen molar-refractivity contribution in [3.8, 4) is 5.82 Å². The summed E-state index contributed by atoms with van der Waals surface area (Å²) in [6, 6.07) is 8.72. The molecule has 1 aliphatic heterocycles. The van der Waals surface area contributed by atoms with Crippen molar-refractivity contribution in [3.05, 3.63) is 64.7 Å². The van der Waals surface area contributed by atoms with Crippen molar-refractivity contribution >= 4 is 34.9 Å². The number of rotatable bonds is 3. The summed E-state index contributed by atoms with van der Waals surface area (Å²) in [6.45, 7) is 2.54. The molecule has 0 spiro atoms. The number of benzene rings is 1. The van der Waals surface area contributed by atoms with E-state index in [0.717, 1.165) is 5.82 Å². The standard InChI is InChI=1S/C18H16Cl2N6O/c19-14-9-13(10-15(20)11-14)18(27)25-7-5-24(6-8-25)16-1-2-17(23-22-16)26-4-3-21-12-26/h1-4,9-12H,5-8H2. The minimum absolute atomic E-state index is 0.0689. The minimum Gasteiger partial charge on any atom is -0.352 e. The van der Waals surface area contributed by atoms with Gasteiger partial charge in [-0.2, -0.15) is 0 Å². The Bertz CT molecular complexity index is 917. The van der Waals surface area contributed by atoms with Crippen molar-refractivity contribution in [2.75, 3.05) is 31.1 Å². The monoisotopic (exact) mass is 402 g/mol. The van der Waals surface area contributed by atoms with Crippen molar-refractivity contribution in [2.24, 2.45) is 0 Å². The molecule has 0 aliphatic carbocycles. The molecule has 27 heavy (non-hydrogen) atoms. The Morgan fingerprint density at radius 2 is 1.59 bits per heavy atom. The number of carbonyl (C=O) groups excluding carboxylic acids is 1. The molecule has 1 aliphatic rings. The molecular weight excluding hydrogens is 387 g/mol. The van der Waals surface area contributed by atoms with Crippen LogP contribution in [0.4, 0.5) is 5.82 Å². The van der Waals surface area contributed by atoms with Crippen LogP contribution in [0.25, 0.3) is 5.82 Å². The Labute approximate surface area is 166 Å². The van der Waals surface area contributed by atoms with Crippen LogP contribution in [0.1, 0.15) is 10.4 Å². The molecule has 4 rings (SSSR count). The molecule has 1 saturated heterocycles. The van der Waals surface area contributed by atoms with Crippen LogP contribution in [0.5, 0.6) is 0 Å². The highest BCUT2D eigenvalue weighted by atomic mass is 35.5. The van der Waals surface area contributed by atoms with Gasteiger partial charge in [0.15, 0.2) is 11.6 Å². The van der Waals surface area contributed by atoms with Gasteiger partial charge >= 0.3 is 0 Å². The SMILES string of the molecule is O=C(c1cc(Cl)cc(Cl)c1)N1CCN(c2ccc(-n3ccnc3)nn2)CC1. The van der Waals surface area contributed by atoms with Gasteiger partial charge < -0.3 is 9.80 Å². The first-order valence-corrected chi connectivity index (χ1v) is 9.18. The van der Waals surface area contributed by atoms with Crippen LogP contribution in [0, 0.1) is 0 Å². The Kier molecular flexibility index (Phi) is 4.96. The number of hydrogen-bond acceptors (Lipinski definition) is 5. The Morgan fingerprint density at radius 1 is 0.926 bits per heavy atom. The number of imidazole rings is 1. The summed E-state index contributed by atoms with van der Waals surface area (Å²) in [7, 11) is 0. The van der Waals surface area contributed by atoms with Crippen LogP contribution in [0.15, 0.2) is 49.1 Å². The number of carbonyl (C=O) groups is 1. The molecule has 3 heterocycles. The zero-order valence-electron chi connectivity index (χ0n) is 14.3. The average molecular weight is 403 g/mol. The van der Waals surface area contributed by atoms with Gasteiger partial charge in [0.25, 0.3) is 5.91 Å². The van der Waals surface area contributed by atoms with E-state index in [-0.39, 0.29) is 5.91 Å². The second-order valence-corrected chi connectivity index (χ2v) is 7.03. The molecule has 0 N–H and O–H groups in total. The number of nitrogens with zero attached hydrogens (tertiary/aromatic N) is 6. The molecule has 0 atom stereocenters. The molecule has 9 heteroatoms. The molecule has 1 aromatic carbocycles. The van der Waals surface area contributed by atoms with E-state index in [0.29, 0.717) is 47.6 Å². The molecule has 138 valence electrons. The van der Waals surface area contributed by atoms with Crippen LogP contribution in [-0.2, 0) is 0 Å². The van der Waals surface area contributed by atoms with Crippen LogP contribution < -0.4 is 4.90 Å². The summed E-state index contributed by atoms with van der Waals surface area (Å²) >= 11 is 12.0. The third kappa shape index (κ3) is 3.89. The van der Waals surface area contributed by atoms with Gasteiger partial charge in [-0.3, -0.25) is 9.36 Å². The molecule has 7 nitrogen and oxygen atoms in total. The Balaban J connectivity index is 1.40. The summed E-state index contributed by atoms with van der Waals surface area (Å²) in [5.74, 6) is 1.43. The van der Waals surface area contributed by atoms with E-state index in [1.54, 1.807) is 40.2 Å². The highest BCUT2D eigenvalue weighted by Crippen LogP contribution is 2.21. The third-order valence-corrected chi connectivity index (χ3v) is 4.84. The van der Waals surface area contributed by atoms with Crippen LogP contribution in [-0.4, -0.2) is 56.7 Å². The van der Waals surface area contributed by atoms with E-state index in [9.17, 15) is 4.79 Å². The summed E-state index contributed by atoms with van der Waals surface area (Å²) < 4.78 is 1.80. The largest absolute Gasteiger partial charge is 0.352 e. The zero-order valence-corrected chi connectivity index (χ0v) is 15.8. The lowest BCUT2D eigenvalue weighted by atomic mass is 10.2. The van der Waals surface area contributed by atoms with E-state index in [1.165, 1.54) is 0 Å². The van der Waals surface area contributed by atoms with E-state index in [1.807, 2.05) is 18.3 Å². The molecule has 2 aromatic heterocycles. The van der Waals surface area contributed by atoms with Gasteiger partial charge in [0.05, 0.1) is 0 Å². The summed E-state index contributed by atoms with van der Waals surface area (Å²) in [5.41, 5.74) is 0.505. The van der Waals surface area contributed by atoms with Crippen molar-refractivity contribution < 1.29 is 4.79 Å². The third-order valence-electron chi connectivity index (χ3n) is 4.41.